The first-order chi connectivity index (χ1) is 6.38. The molecule has 76 valence electrons. The molecule has 2 unspecified atom stereocenters. The van der Waals surface area contributed by atoms with E-state index in [1.165, 1.54) is 51.6 Å². The molecule has 0 bridgehead atoms. The molecule has 0 radical (unpaired) electrons. The second kappa shape index (κ2) is 4.43. The highest BCUT2D eigenvalue weighted by atomic mass is 14.9. The smallest absolute Gasteiger partial charge is 0.00698 e. The zero-order chi connectivity index (χ0) is 9.10. The number of hydrogen-bond acceptors (Lipinski definition) is 2. The van der Waals surface area contributed by atoms with Gasteiger partial charge in [-0.05, 0) is 50.6 Å². The van der Waals surface area contributed by atoms with Crippen molar-refractivity contribution in [1.29, 1.82) is 0 Å². The summed E-state index contributed by atoms with van der Waals surface area (Å²) >= 11 is 0. The van der Waals surface area contributed by atoms with Crippen LogP contribution in [0.2, 0.25) is 0 Å². The Morgan fingerprint density at radius 2 is 1.62 bits per heavy atom. The van der Waals surface area contributed by atoms with E-state index in [0.29, 0.717) is 6.04 Å². The van der Waals surface area contributed by atoms with E-state index in [0.717, 1.165) is 11.8 Å². The molecule has 1 saturated carbocycles. The predicted octanol–water partition coefficient (Wildman–Crippen LogP) is 1.50. The van der Waals surface area contributed by atoms with Crippen LogP contribution in [0, 0.1) is 11.8 Å². The van der Waals surface area contributed by atoms with Crippen molar-refractivity contribution in [2.24, 2.45) is 17.6 Å². The second-order valence-electron chi connectivity index (χ2n) is 4.70. The van der Waals surface area contributed by atoms with Crippen molar-refractivity contribution in [1.82, 2.24) is 5.32 Å². The van der Waals surface area contributed by atoms with Gasteiger partial charge in [-0.25, -0.2) is 0 Å². The molecule has 2 rings (SSSR count). The lowest BCUT2D eigenvalue weighted by Gasteiger charge is -2.37. The number of rotatable bonds is 1. The molecule has 3 N–H and O–H groups in total. The van der Waals surface area contributed by atoms with E-state index in [2.05, 4.69) is 5.32 Å². The highest BCUT2D eigenvalue weighted by molar-refractivity contribution is 4.85. The van der Waals surface area contributed by atoms with Crippen LogP contribution < -0.4 is 11.1 Å². The Morgan fingerprint density at radius 1 is 0.923 bits per heavy atom. The number of nitrogens with one attached hydrogen (secondary N) is 1. The van der Waals surface area contributed by atoms with Crippen LogP contribution in [0.3, 0.4) is 0 Å². The largest absolute Gasteiger partial charge is 0.327 e. The maximum absolute atomic E-state index is 6.19. The average Bonchev–Trinajstić information content (AvgIpc) is 2.20. The molecule has 2 nitrogen and oxygen atoms in total. The van der Waals surface area contributed by atoms with Crippen LogP contribution in [0.1, 0.15) is 38.5 Å². The molecule has 13 heavy (non-hydrogen) atoms. The topological polar surface area (TPSA) is 38.0 Å². The lowest BCUT2D eigenvalue weighted by Crippen LogP contribution is -2.41. The molecule has 2 atom stereocenters. The van der Waals surface area contributed by atoms with E-state index >= 15 is 0 Å². The van der Waals surface area contributed by atoms with Crippen LogP contribution in [-0.2, 0) is 0 Å². The van der Waals surface area contributed by atoms with E-state index in [-0.39, 0.29) is 0 Å². The Hall–Kier alpha value is -0.0800. The van der Waals surface area contributed by atoms with Crippen LogP contribution >= 0.6 is 0 Å². The lowest BCUT2D eigenvalue weighted by molar-refractivity contribution is 0.178. The van der Waals surface area contributed by atoms with Crippen molar-refractivity contribution in [3.63, 3.8) is 0 Å². The maximum atomic E-state index is 6.19. The Bertz CT molecular complexity index is 152. The van der Waals surface area contributed by atoms with E-state index in [9.17, 15) is 0 Å². The molecular formula is C11H22N2. The third kappa shape index (κ3) is 2.23. The Kier molecular flexibility index (Phi) is 3.23. The van der Waals surface area contributed by atoms with Gasteiger partial charge in [0.2, 0.25) is 0 Å². The van der Waals surface area contributed by atoms with Gasteiger partial charge in [0.25, 0.3) is 0 Å². The van der Waals surface area contributed by atoms with Crippen molar-refractivity contribution in [2.75, 3.05) is 13.1 Å². The summed E-state index contributed by atoms with van der Waals surface area (Å²) < 4.78 is 0. The molecular weight excluding hydrogens is 160 g/mol. The van der Waals surface area contributed by atoms with Gasteiger partial charge in [0.1, 0.15) is 0 Å². The van der Waals surface area contributed by atoms with Crippen molar-refractivity contribution < 1.29 is 0 Å². The fraction of sp³-hybridized carbons (Fsp3) is 1.00. The van der Waals surface area contributed by atoms with E-state index in [1.54, 1.807) is 0 Å². The van der Waals surface area contributed by atoms with Crippen molar-refractivity contribution in [3.8, 4) is 0 Å². The number of piperidine rings is 1. The summed E-state index contributed by atoms with van der Waals surface area (Å²) in [6.07, 6.45) is 8.17. The first-order valence-electron chi connectivity index (χ1n) is 5.84. The monoisotopic (exact) mass is 182 g/mol. The molecule has 1 aliphatic carbocycles. The number of hydrogen-bond donors (Lipinski definition) is 2. The summed E-state index contributed by atoms with van der Waals surface area (Å²) in [5.74, 6) is 1.77. The van der Waals surface area contributed by atoms with Crippen LogP contribution in [0.15, 0.2) is 0 Å². The zero-order valence-electron chi connectivity index (χ0n) is 8.47. The van der Waals surface area contributed by atoms with Crippen molar-refractivity contribution in [3.05, 3.63) is 0 Å². The SMILES string of the molecule is NC1CCCCC1C1CCNCC1. The van der Waals surface area contributed by atoms with Crippen LogP contribution in [-0.4, -0.2) is 19.1 Å². The van der Waals surface area contributed by atoms with Crippen LogP contribution in [0.25, 0.3) is 0 Å². The summed E-state index contributed by atoms with van der Waals surface area (Å²) in [6.45, 7) is 2.43. The molecule has 2 fully saturated rings. The van der Waals surface area contributed by atoms with Gasteiger partial charge in [0.05, 0.1) is 0 Å². The van der Waals surface area contributed by atoms with Crippen molar-refractivity contribution in [2.45, 2.75) is 44.6 Å². The molecule has 1 aliphatic heterocycles. The molecule has 0 spiro atoms. The number of nitrogens with two attached hydrogens (primary N) is 1. The van der Waals surface area contributed by atoms with Gasteiger partial charge in [-0.2, -0.15) is 0 Å². The summed E-state index contributed by atoms with van der Waals surface area (Å²) in [4.78, 5) is 0. The second-order valence-corrected chi connectivity index (χ2v) is 4.70. The van der Waals surface area contributed by atoms with Gasteiger partial charge in [0.15, 0.2) is 0 Å². The Balaban J connectivity index is 1.88. The maximum Gasteiger partial charge on any atom is 0.00698 e. The molecule has 1 heterocycles. The first kappa shape index (κ1) is 9.47. The van der Waals surface area contributed by atoms with Gasteiger partial charge in [0, 0.05) is 6.04 Å². The minimum absolute atomic E-state index is 0.511. The van der Waals surface area contributed by atoms with Crippen molar-refractivity contribution >= 4 is 0 Å². The average molecular weight is 182 g/mol. The normalized spacial score (nSPS) is 37.6. The molecule has 0 aromatic carbocycles. The van der Waals surface area contributed by atoms with Gasteiger partial charge in [-0.3, -0.25) is 0 Å². The van der Waals surface area contributed by atoms with E-state index < -0.39 is 0 Å². The highest BCUT2D eigenvalue weighted by Crippen LogP contribution is 2.33. The molecule has 0 amide bonds. The van der Waals surface area contributed by atoms with Gasteiger partial charge in [-0.15, -0.1) is 0 Å². The van der Waals surface area contributed by atoms with Crippen LogP contribution in [0.5, 0.6) is 0 Å². The Labute approximate surface area is 81.3 Å². The zero-order valence-corrected chi connectivity index (χ0v) is 8.47. The molecule has 1 saturated heterocycles. The summed E-state index contributed by atoms with van der Waals surface area (Å²) in [5, 5.41) is 3.43. The molecule has 2 aliphatic rings. The minimum atomic E-state index is 0.511. The molecule has 2 heteroatoms. The Morgan fingerprint density at radius 3 is 2.31 bits per heavy atom. The molecule has 0 aromatic heterocycles. The van der Waals surface area contributed by atoms with Crippen LogP contribution in [0.4, 0.5) is 0 Å². The summed E-state index contributed by atoms with van der Waals surface area (Å²) in [5.41, 5.74) is 6.19. The van der Waals surface area contributed by atoms with Gasteiger partial charge >= 0.3 is 0 Å². The fourth-order valence-electron chi connectivity index (χ4n) is 3.05. The van der Waals surface area contributed by atoms with Gasteiger partial charge < -0.3 is 11.1 Å². The third-order valence-electron chi connectivity index (χ3n) is 3.86. The van der Waals surface area contributed by atoms with Gasteiger partial charge in [-0.1, -0.05) is 12.8 Å². The van der Waals surface area contributed by atoms with E-state index in [1.807, 2.05) is 0 Å². The molecule has 0 aromatic rings. The highest BCUT2D eigenvalue weighted by Gasteiger charge is 2.29. The summed E-state index contributed by atoms with van der Waals surface area (Å²) in [6, 6.07) is 0.511. The third-order valence-corrected chi connectivity index (χ3v) is 3.86. The minimum Gasteiger partial charge on any atom is -0.327 e. The quantitative estimate of drug-likeness (QED) is 0.645. The lowest BCUT2D eigenvalue weighted by atomic mass is 9.73. The standard InChI is InChI=1S/C11H22N2/c12-11-4-2-1-3-10(11)9-5-7-13-8-6-9/h9-11,13H,1-8,12H2. The fourth-order valence-corrected chi connectivity index (χ4v) is 3.05. The predicted molar refractivity (Wildman–Crippen MR) is 55.5 cm³/mol. The van der Waals surface area contributed by atoms with E-state index in [4.69, 9.17) is 5.73 Å². The summed E-state index contributed by atoms with van der Waals surface area (Å²) in [7, 11) is 0. The first-order valence-corrected chi connectivity index (χ1v) is 5.84.